The summed E-state index contributed by atoms with van der Waals surface area (Å²) in [4.78, 5) is 12.3. The van der Waals surface area contributed by atoms with Crippen molar-refractivity contribution in [2.24, 2.45) is 0 Å². The quantitative estimate of drug-likeness (QED) is 0.718. The molecule has 1 amide bonds. The van der Waals surface area contributed by atoms with Gasteiger partial charge in [-0.1, -0.05) is 24.1 Å². The van der Waals surface area contributed by atoms with Crippen LogP contribution < -0.4 is 14.8 Å². The number of ether oxygens (including phenoxy) is 2. The Balaban J connectivity index is 1.96. The summed E-state index contributed by atoms with van der Waals surface area (Å²) in [5, 5.41) is 20.9. The molecule has 0 aliphatic carbocycles. The van der Waals surface area contributed by atoms with E-state index in [0.29, 0.717) is 29.0 Å². The molecule has 28 heavy (non-hydrogen) atoms. The average Bonchev–Trinajstić information content (AvgIpc) is 2.74. The van der Waals surface area contributed by atoms with Crippen molar-refractivity contribution in [1.29, 1.82) is 10.5 Å². The maximum absolute atomic E-state index is 12.3. The van der Waals surface area contributed by atoms with Crippen molar-refractivity contribution in [3.8, 4) is 36.0 Å². The van der Waals surface area contributed by atoms with Crippen molar-refractivity contribution >= 4 is 5.91 Å². The predicted molar refractivity (Wildman–Crippen MR) is 103 cm³/mol. The number of hydrogen-bond donors (Lipinski definition) is 1. The number of carbonyl (C=O) groups excluding carboxylic acids is 1. The predicted octanol–water partition coefficient (Wildman–Crippen LogP) is 2.89. The van der Waals surface area contributed by atoms with E-state index < -0.39 is 6.04 Å². The highest BCUT2D eigenvalue weighted by atomic mass is 16.5. The number of methoxy groups -OCH3 is 1. The van der Waals surface area contributed by atoms with E-state index in [0.717, 1.165) is 5.56 Å². The van der Waals surface area contributed by atoms with Gasteiger partial charge in [-0.25, -0.2) is 0 Å². The monoisotopic (exact) mass is 373 g/mol. The fourth-order valence-electron chi connectivity index (χ4n) is 2.54. The van der Waals surface area contributed by atoms with E-state index >= 15 is 0 Å². The molecule has 0 saturated carbocycles. The minimum Gasteiger partial charge on any atom is -0.493 e. The highest BCUT2D eigenvalue weighted by Gasteiger charge is 2.14. The lowest BCUT2D eigenvalue weighted by atomic mass is 10.0. The second-order valence-corrected chi connectivity index (χ2v) is 5.84. The van der Waals surface area contributed by atoms with Gasteiger partial charge in [-0.3, -0.25) is 4.79 Å². The van der Waals surface area contributed by atoms with Crippen LogP contribution in [-0.4, -0.2) is 19.6 Å². The van der Waals surface area contributed by atoms with E-state index in [2.05, 4.69) is 17.3 Å². The number of nitrogens with zero attached hydrogens (tertiary/aromatic N) is 2. The molecular formula is C22H19N3O3. The highest BCUT2D eigenvalue weighted by Crippen LogP contribution is 2.28. The van der Waals surface area contributed by atoms with Crippen molar-refractivity contribution in [3.05, 3.63) is 59.2 Å². The van der Waals surface area contributed by atoms with Crippen LogP contribution in [0.5, 0.6) is 11.5 Å². The maximum atomic E-state index is 12.3. The van der Waals surface area contributed by atoms with Gasteiger partial charge in [0.1, 0.15) is 12.6 Å². The zero-order chi connectivity index (χ0) is 20.4. The molecule has 2 aromatic rings. The normalized spacial score (nSPS) is 10.6. The summed E-state index contributed by atoms with van der Waals surface area (Å²) in [7, 11) is 1.53. The van der Waals surface area contributed by atoms with Crippen molar-refractivity contribution in [1.82, 2.24) is 5.32 Å². The van der Waals surface area contributed by atoms with E-state index in [4.69, 9.17) is 21.2 Å². The number of aryl methyl sites for hydroxylation is 1. The molecule has 6 heteroatoms. The molecule has 0 aromatic heterocycles. The SMILES string of the molecule is C#CCOc1ccc(CCC(=O)NC(C#N)c2ccc(C#N)cc2)cc1OC. The van der Waals surface area contributed by atoms with Crippen LogP contribution in [-0.2, 0) is 11.2 Å². The van der Waals surface area contributed by atoms with Gasteiger partial charge in [-0.15, -0.1) is 6.42 Å². The van der Waals surface area contributed by atoms with Crippen LogP contribution in [0.4, 0.5) is 0 Å². The molecule has 1 atom stereocenters. The van der Waals surface area contributed by atoms with E-state index in [-0.39, 0.29) is 18.9 Å². The van der Waals surface area contributed by atoms with Gasteiger partial charge in [0.05, 0.1) is 24.8 Å². The van der Waals surface area contributed by atoms with Crippen LogP contribution in [0.25, 0.3) is 0 Å². The van der Waals surface area contributed by atoms with Crippen LogP contribution in [0.2, 0.25) is 0 Å². The summed E-state index contributed by atoms with van der Waals surface area (Å²) in [6.07, 6.45) is 5.87. The van der Waals surface area contributed by atoms with E-state index in [1.807, 2.05) is 12.1 Å². The van der Waals surface area contributed by atoms with E-state index in [1.54, 1.807) is 36.4 Å². The van der Waals surface area contributed by atoms with Gasteiger partial charge in [0.15, 0.2) is 11.5 Å². The third-order valence-corrected chi connectivity index (χ3v) is 3.99. The van der Waals surface area contributed by atoms with Crippen molar-refractivity contribution < 1.29 is 14.3 Å². The Morgan fingerprint density at radius 2 is 1.93 bits per heavy atom. The Kier molecular flexibility index (Phi) is 7.46. The molecule has 140 valence electrons. The smallest absolute Gasteiger partial charge is 0.221 e. The molecule has 1 unspecified atom stereocenters. The first-order chi connectivity index (χ1) is 13.6. The fourth-order valence-corrected chi connectivity index (χ4v) is 2.54. The number of benzene rings is 2. The number of amides is 1. The standard InChI is InChI=1S/C22H19N3O3/c1-3-12-28-20-10-6-16(13-21(20)27-2)7-11-22(26)25-19(15-24)18-8-4-17(14-23)5-9-18/h1,4-6,8-10,13,19H,7,11-12H2,2H3,(H,25,26). The Morgan fingerprint density at radius 1 is 1.18 bits per heavy atom. The summed E-state index contributed by atoms with van der Waals surface area (Å²) in [6.45, 7) is 0.142. The first-order valence-corrected chi connectivity index (χ1v) is 8.53. The third kappa shape index (κ3) is 5.53. The largest absolute Gasteiger partial charge is 0.493 e. The lowest BCUT2D eigenvalue weighted by molar-refractivity contribution is -0.121. The van der Waals surface area contributed by atoms with E-state index in [9.17, 15) is 10.1 Å². The lowest BCUT2D eigenvalue weighted by Crippen LogP contribution is -2.27. The molecule has 0 heterocycles. The maximum Gasteiger partial charge on any atom is 0.221 e. The third-order valence-electron chi connectivity index (χ3n) is 3.99. The zero-order valence-corrected chi connectivity index (χ0v) is 15.4. The molecule has 2 rings (SSSR count). The Labute approximate surface area is 164 Å². The summed E-state index contributed by atoms with van der Waals surface area (Å²) in [5.74, 6) is 3.23. The summed E-state index contributed by atoms with van der Waals surface area (Å²) in [6, 6.07) is 15.2. The summed E-state index contributed by atoms with van der Waals surface area (Å²) < 4.78 is 10.7. The Bertz CT molecular complexity index is 947. The number of carbonyl (C=O) groups is 1. The molecule has 0 aliphatic rings. The van der Waals surface area contributed by atoms with Crippen LogP contribution in [0, 0.1) is 35.0 Å². The average molecular weight is 373 g/mol. The molecule has 1 N–H and O–H groups in total. The van der Waals surface area contributed by atoms with E-state index in [1.165, 1.54) is 7.11 Å². The van der Waals surface area contributed by atoms with Crippen LogP contribution in [0.1, 0.15) is 29.2 Å². The van der Waals surface area contributed by atoms with Gasteiger partial charge in [-0.2, -0.15) is 10.5 Å². The molecule has 0 saturated heterocycles. The van der Waals surface area contributed by atoms with Gasteiger partial charge < -0.3 is 14.8 Å². The molecule has 2 aromatic carbocycles. The number of hydrogen-bond acceptors (Lipinski definition) is 5. The fraction of sp³-hybridized carbons (Fsp3) is 0.227. The van der Waals surface area contributed by atoms with Crippen molar-refractivity contribution in [2.45, 2.75) is 18.9 Å². The summed E-state index contributed by atoms with van der Waals surface area (Å²) in [5.41, 5.74) is 2.02. The topological polar surface area (TPSA) is 95.1 Å². The van der Waals surface area contributed by atoms with Crippen molar-refractivity contribution in [2.75, 3.05) is 13.7 Å². The highest BCUT2D eigenvalue weighted by molar-refractivity contribution is 5.77. The number of rotatable bonds is 8. The first-order valence-electron chi connectivity index (χ1n) is 8.53. The van der Waals surface area contributed by atoms with Gasteiger partial charge >= 0.3 is 0 Å². The van der Waals surface area contributed by atoms with Gasteiger partial charge in [0.2, 0.25) is 5.91 Å². The number of nitrogens with one attached hydrogen (secondary N) is 1. The Morgan fingerprint density at radius 3 is 2.54 bits per heavy atom. The molecule has 0 radical (unpaired) electrons. The molecule has 0 spiro atoms. The van der Waals surface area contributed by atoms with Gasteiger partial charge in [-0.05, 0) is 41.8 Å². The number of terminal acetylenes is 1. The molecular weight excluding hydrogens is 354 g/mol. The molecule has 6 nitrogen and oxygen atoms in total. The van der Waals surface area contributed by atoms with Crippen LogP contribution in [0.15, 0.2) is 42.5 Å². The second-order valence-electron chi connectivity index (χ2n) is 5.84. The first kappa shape index (κ1) is 20.4. The minimum atomic E-state index is -0.769. The Hall–Kier alpha value is -3.95. The van der Waals surface area contributed by atoms with Crippen molar-refractivity contribution in [3.63, 3.8) is 0 Å². The van der Waals surface area contributed by atoms with Gasteiger partial charge in [0, 0.05) is 6.42 Å². The van der Waals surface area contributed by atoms with Crippen LogP contribution in [0.3, 0.4) is 0 Å². The molecule has 0 aliphatic heterocycles. The van der Waals surface area contributed by atoms with Gasteiger partial charge in [0.25, 0.3) is 0 Å². The minimum absolute atomic E-state index is 0.142. The molecule has 0 fully saturated rings. The lowest BCUT2D eigenvalue weighted by Gasteiger charge is -2.13. The second kappa shape index (κ2) is 10.3. The summed E-state index contributed by atoms with van der Waals surface area (Å²) >= 11 is 0. The zero-order valence-electron chi connectivity index (χ0n) is 15.4. The number of nitriles is 2. The molecule has 0 bridgehead atoms. The van der Waals surface area contributed by atoms with Crippen LogP contribution >= 0.6 is 0 Å².